The summed E-state index contributed by atoms with van der Waals surface area (Å²) in [6.07, 6.45) is -4.83. The molecule has 0 aliphatic carbocycles. The Hall–Kier alpha value is -11.2. The highest BCUT2D eigenvalue weighted by Gasteiger charge is 2.35. The topological polar surface area (TPSA) is 66.3 Å². The first kappa shape index (κ1) is 49.6. The Kier molecular flexibility index (Phi) is 11.5. The van der Waals surface area contributed by atoms with E-state index in [0.29, 0.717) is 39.9 Å². The van der Waals surface area contributed by atoms with Crippen LogP contribution in [0.3, 0.4) is 0 Å². The van der Waals surface area contributed by atoms with Crippen LogP contribution in [0.1, 0.15) is 5.56 Å². The highest BCUT2D eigenvalue weighted by atomic mass is 19.4. The first-order valence-electron chi connectivity index (χ1n) is 28.1. The summed E-state index contributed by atoms with van der Waals surface area (Å²) in [6, 6.07) is 91.2. The van der Waals surface area contributed by atoms with E-state index in [4.69, 9.17) is 19.9 Å². The molecule has 0 radical (unpaired) electrons. The molecule has 402 valence electrons. The van der Waals surface area contributed by atoms with E-state index in [1.54, 1.807) is 0 Å². The molecule has 0 aliphatic heterocycles. The van der Waals surface area contributed by atoms with Gasteiger partial charge in [0.2, 0.25) is 0 Å². The van der Waals surface area contributed by atoms with Crippen LogP contribution in [0.2, 0.25) is 0 Å². The second-order valence-corrected chi connectivity index (χ2v) is 21.3. The van der Waals surface area contributed by atoms with Crippen molar-refractivity contribution in [3.8, 4) is 84.9 Å². The summed E-state index contributed by atoms with van der Waals surface area (Å²) in [6.45, 7) is 0. The normalized spacial score (nSPS) is 11.9. The van der Waals surface area contributed by atoms with Crippen molar-refractivity contribution in [3.63, 3.8) is 0 Å². The largest absolute Gasteiger partial charge is 0.416 e. The monoisotopic (exact) mass is 1100 g/mol. The maximum atomic E-state index is 16.4. The van der Waals surface area contributed by atoms with Gasteiger partial charge < -0.3 is 13.7 Å². The summed E-state index contributed by atoms with van der Waals surface area (Å²) < 4.78 is 55.9. The molecule has 7 nitrogen and oxygen atoms in total. The first-order chi connectivity index (χ1) is 41.8. The van der Waals surface area contributed by atoms with Crippen molar-refractivity contribution in [1.82, 2.24) is 33.6 Å². The van der Waals surface area contributed by atoms with Gasteiger partial charge in [-0.2, -0.15) is 13.2 Å². The summed E-state index contributed by atoms with van der Waals surface area (Å²) in [5.74, 6) is 0.706. The number of alkyl halides is 3. The Morgan fingerprint density at radius 3 is 0.918 bits per heavy atom. The quantitative estimate of drug-likeness (QED) is 0.144. The standard InChI is InChI=1S/C75H46F3N7/c76-75(77,78)51-41-60(64-45-62(47-21-5-1-6-22-47)79-73(81-64)49-25-9-3-10-26-49)72(61(42-51)65-46-63(48-23-7-2-8-24-48)80-74(82-65)50-27-11-4-12-28-50)85-70-43-52(83-66-33-17-13-29-54(66)55-30-14-18-34-67(55)83)37-39-58(70)59-40-38-53(44-71(59)85)84-68-35-19-15-31-56(68)57-32-16-20-36-69(57)84/h1-46H. The summed E-state index contributed by atoms with van der Waals surface area (Å²) in [5.41, 5.74) is 11.9. The highest BCUT2D eigenvalue weighted by molar-refractivity contribution is 6.14. The number of halogens is 3. The van der Waals surface area contributed by atoms with E-state index in [9.17, 15) is 0 Å². The van der Waals surface area contributed by atoms with Crippen LogP contribution in [-0.2, 0) is 6.18 Å². The first-order valence-corrected chi connectivity index (χ1v) is 28.1. The molecule has 85 heavy (non-hydrogen) atoms. The second-order valence-electron chi connectivity index (χ2n) is 21.3. The van der Waals surface area contributed by atoms with Gasteiger partial charge in [-0.05, 0) is 72.8 Å². The molecule has 0 aliphatic rings. The Morgan fingerprint density at radius 2 is 0.565 bits per heavy atom. The molecular weight excluding hydrogens is 1060 g/mol. The molecule has 10 heteroatoms. The molecule has 0 unspecified atom stereocenters. The van der Waals surface area contributed by atoms with Gasteiger partial charge in [0.05, 0.1) is 67.1 Å². The Morgan fingerprint density at radius 1 is 0.259 bits per heavy atom. The molecule has 5 heterocycles. The zero-order valence-electron chi connectivity index (χ0n) is 45.3. The maximum absolute atomic E-state index is 16.4. The average Bonchev–Trinajstić information content (AvgIpc) is 2.20. The van der Waals surface area contributed by atoms with Crippen molar-refractivity contribution < 1.29 is 13.2 Å². The smallest absolute Gasteiger partial charge is 0.309 e. The second kappa shape index (κ2) is 19.7. The number of fused-ring (bicyclic) bond motifs is 9. The van der Waals surface area contributed by atoms with Crippen LogP contribution in [0.25, 0.3) is 150 Å². The van der Waals surface area contributed by atoms with Gasteiger partial charge in [-0.15, -0.1) is 0 Å². The van der Waals surface area contributed by atoms with Gasteiger partial charge in [0.15, 0.2) is 11.6 Å². The number of para-hydroxylation sites is 4. The van der Waals surface area contributed by atoms with Crippen LogP contribution in [-0.4, -0.2) is 33.6 Å². The molecule has 16 rings (SSSR count). The van der Waals surface area contributed by atoms with Crippen LogP contribution in [0.5, 0.6) is 0 Å². The molecule has 0 saturated heterocycles. The number of hydrogen-bond donors (Lipinski definition) is 0. The fraction of sp³-hybridized carbons (Fsp3) is 0.0133. The van der Waals surface area contributed by atoms with Crippen LogP contribution in [0, 0.1) is 0 Å². The molecule has 0 N–H and O–H groups in total. The summed E-state index contributed by atoms with van der Waals surface area (Å²) in [4.78, 5) is 21.0. The molecule has 11 aromatic carbocycles. The van der Waals surface area contributed by atoms with Gasteiger partial charge in [-0.1, -0.05) is 206 Å². The Balaban J connectivity index is 1.10. The van der Waals surface area contributed by atoms with Gasteiger partial charge in [0.25, 0.3) is 0 Å². The van der Waals surface area contributed by atoms with Crippen LogP contribution in [0.15, 0.2) is 279 Å². The third-order valence-corrected chi connectivity index (χ3v) is 16.3. The van der Waals surface area contributed by atoms with E-state index in [1.165, 1.54) is 12.1 Å². The number of rotatable bonds is 9. The molecule has 0 amide bonds. The van der Waals surface area contributed by atoms with Crippen molar-refractivity contribution >= 4 is 65.4 Å². The highest BCUT2D eigenvalue weighted by Crippen LogP contribution is 2.47. The van der Waals surface area contributed by atoms with E-state index < -0.39 is 11.7 Å². The maximum Gasteiger partial charge on any atom is 0.416 e. The van der Waals surface area contributed by atoms with Gasteiger partial charge in [-0.25, -0.2) is 19.9 Å². The van der Waals surface area contributed by atoms with Gasteiger partial charge in [-0.3, -0.25) is 0 Å². The van der Waals surface area contributed by atoms with Gasteiger partial charge >= 0.3 is 6.18 Å². The minimum absolute atomic E-state index is 0.214. The molecule has 5 aromatic heterocycles. The van der Waals surface area contributed by atoms with Crippen molar-refractivity contribution in [2.24, 2.45) is 0 Å². The predicted octanol–water partition coefficient (Wildman–Crippen LogP) is 19.6. The van der Waals surface area contributed by atoms with E-state index in [-0.39, 0.29) is 22.5 Å². The Labute approximate surface area is 485 Å². The molecule has 16 aromatic rings. The lowest BCUT2D eigenvalue weighted by atomic mass is 9.95. The molecule has 0 fully saturated rings. The molecule has 0 spiro atoms. The minimum Gasteiger partial charge on any atom is -0.309 e. The number of aromatic nitrogens is 7. The Bertz CT molecular complexity index is 4740. The summed E-state index contributed by atoms with van der Waals surface area (Å²) in [7, 11) is 0. The van der Waals surface area contributed by atoms with E-state index in [0.717, 1.165) is 87.9 Å². The van der Waals surface area contributed by atoms with Crippen molar-refractivity contribution in [3.05, 3.63) is 285 Å². The fourth-order valence-electron chi connectivity index (χ4n) is 12.5. The van der Waals surface area contributed by atoms with Crippen LogP contribution in [0.4, 0.5) is 13.2 Å². The lowest BCUT2D eigenvalue weighted by molar-refractivity contribution is -0.137. The molecule has 0 saturated carbocycles. The van der Waals surface area contributed by atoms with Crippen molar-refractivity contribution in [1.29, 1.82) is 0 Å². The number of benzene rings is 11. The van der Waals surface area contributed by atoms with E-state index in [2.05, 4.69) is 147 Å². The van der Waals surface area contributed by atoms with Crippen LogP contribution < -0.4 is 0 Å². The SMILES string of the molecule is FC(F)(F)c1cc(-c2cc(-c3ccccc3)nc(-c3ccccc3)n2)c(-n2c3cc(-n4c5ccccc5c5ccccc54)ccc3c3ccc(-n4c5ccccc5c5ccccc54)cc32)c(-c2cc(-c3ccccc3)nc(-c3ccccc3)n2)c1. The molecule has 0 bridgehead atoms. The third kappa shape index (κ3) is 8.36. The third-order valence-electron chi connectivity index (χ3n) is 16.3. The van der Waals surface area contributed by atoms with Crippen molar-refractivity contribution in [2.75, 3.05) is 0 Å². The molecular formula is C75H46F3N7. The zero-order chi connectivity index (χ0) is 56.8. The lowest BCUT2D eigenvalue weighted by Gasteiger charge is -2.22. The predicted molar refractivity (Wildman–Crippen MR) is 338 cm³/mol. The van der Waals surface area contributed by atoms with Crippen LogP contribution >= 0.6 is 0 Å². The van der Waals surface area contributed by atoms with E-state index in [1.807, 2.05) is 133 Å². The molecule has 0 atom stereocenters. The number of hydrogen-bond acceptors (Lipinski definition) is 4. The van der Waals surface area contributed by atoms with Gasteiger partial charge in [0, 0.05) is 77.1 Å². The van der Waals surface area contributed by atoms with E-state index >= 15 is 13.2 Å². The summed E-state index contributed by atoms with van der Waals surface area (Å²) >= 11 is 0. The number of nitrogens with zero attached hydrogens (tertiary/aromatic N) is 7. The zero-order valence-corrected chi connectivity index (χ0v) is 45.3. The summed E-state index contributed by atoms with van der Waals surface area (Å²) in [5, 5.41) is 6.17. The fourth-order valence-corrected chi connectivity index (χ4v) is 12.5. The lowest BCUT2D eigenvalue weighted by Crippen LogP contribution is -2.10. The van der Waals surface area contributed by atoms with Gasteiger partial charge in [0.1, 0.15) is 0 Å². The van der Waals surface area contributed by atoms with Crippen molar-refractivity contribution in [2.45, 2.75) is 6.18 Å². The average molecular weight is 1100 g/mol. The minimum atomic E-state index is -4.83.